The molecule has 8 heteroatoms. The van der Waals surface area contributed by atoms with Crippen molar-refractivity contribution in [1.82, 2.24) is 0 Å². The average Bonchev–Trinajstić information content (AvgIpc) is 0.722. The van der Waals surface area contributed by atoms with Crippen LogP contribution in [0.15, 0.2) is 0 Å². The average molecular weight is 207 g/mol. The van der Waals surface area contributed by atoms with Crippen molar-refractivity contribution in [3.8, 4) is 0 Å². The molecule has 0 bridgehead atoms. The van der Waals surface area contributed by atoms with Crippen LogP contribution in [0.2, 0.25) is 0 Å². The Morgan fingerprint density at radius 2 is 1.12 bits per heavy atom. The van der Waals surface area contributed by atoms with Gasteiger partial charge in [-0.05, 0) is 0 Å². The summed E-state index contributed by atoms with van der Waals surface area (Å²) in [6.45, 7) is 0. The summed E-state index contributed by atoms with van der Waals surface area (Å²) in [6.07, 6.45) is 0. The van der Waals surface area contributed by atoms with Gasteiger partial charge < -0.3 is 24.7 Å². The van der Waals surface area contributed by atoms with E-state index in [1.165, 1.54) is 0 Å². The molecular formula is HCaMnO5P. The molecule has 0 saturated heterocycles. The minimum Gasteiger partial charge on any atom is -0.870 e. The molecule has 0 aromatic rings. The van der Waals surface area contributed by atoms with E-state index in [0.717, 1.165) is 0 Å². The summed E-state index contributed by atoms with van der Waals surface area (Å²) >= 11 is 0. The van der Waals surface area contributed by atoms with Gasteiger partial charge in [0.25, 0.3) is 0 Å². The van der Waals surface area contributed by atoms with Gasteiger partial charge in [-0.1, -0.05) is 0 Å². The van der Waals surface area contributed by atoms with Gasteiger partial charge in [0.05, 0.1) is 0 Å². The van der Waals surface area contributed by atoms with Crippen molar-refractivity contribution in [3.63, 3.8) is 0 Å². The van der Waals surface area contributed by atoms with Gasteiger partial charge in [0, 0.05) is 0 Å². The Balaban J connectivity index is -0.0000000267. The second kappa shape index (κ2) is 8.85. The van der Waals surface area contributed by atoms with Crippen LogP contribution in [0.1, 0.15) is 0 Å². The van der Waals surface area contributed by atoms with Gasteiger partial charge in [-0.25, -0.2) is 0 Å². The van der Waals surface area contributed by atoms with E-state index in [1.807, 2.05) is 0 Å². The predicted molar refractivity (Wildman–Crippen MR) is 15.3 cm³/mol. The monoisotopic (exact) mass is 207 g/mol. The maximum absolute atomic E-state index is 8.55. The van der Waals surface area contributed by atoms with Crippen LogP contribution in [0.4, 0.5) is 0 Å². The van der Waals surface area contributed by atoms with Crippen molar-refractivity contribution in [1.29, 1.82) is 0 Å². The van der Waals surface area contributed by atoms with Crippen molar-refractivity contribution >= 4 is 45.6 Å². The van der Waals surface area contributed by atoms with E-state index < -0.39 is 7.82 Å². The van der Waals surface area contributed by atoms with Crippen molar-refractivity contribution in [2.24, 2.45) is 0 Å². The van der Waals surface area contributed by atoms with Gasteiger partial charge in [-0.15, -0.1) is 0 Å². The standard InChI is InChI=1S/Ca.Mn.H3O4P.H2O/c;;1-5(2,3)4;/h;;(H3,1,2,3,4);1H2/q2*+2;;/p-4. The maximum Gasteiger partial charge on any atom is 2.00 e. The second-order valence-corrected chi connectivity index (χ2v) is 1.34. The first kappa shape index (κ1) is 22.5. The van der Waals surface area contributed by atoms with Gasteiger partial charge in [-0.2, -0.15) is 7.82 Å². The molecule has 0 aliphatic carbocycles. The van der Waals surface area contributed by atoms with Crippen LogP contribution in [-0.2, 0) is 21.6 Å². The first-order valence-electron chi connectivity index (χ1n) is 0.730. The molecule has 0 aliphatic rings. The minimum atomic E-state index is -5.39. The van der Waals surface area contributed by atoms with Gasteiger partial charge in [0.1, 0.15) is 0 Å². The summed E-state index contributed by atoms with van der Waals surface area (Å²) < 4.78 is 8.55. The molecule has 0 rings (SSSR count). The van der Waals surface area contributed by atoms with E-state index in [-0.39, 0.29) is 60.3 Å². The molecule has 0 heterocycles. The van der Waals surface area contributed by atoms with Crippen molar-refractivity contribution in [2.45, 2.75) is 0 Å². The van der Waals surface area contributed by atoms with E-state index in [4.69, 9.17) is 19.2 Å². The molecule has 0 atom stereocenters. The van der Waals surface area contributed by atoms with Crippen molar-refractivity contribution in [2.75, 3.05) is 0 Å². The molecule has 5 nitrogen and oxygen atoms in total. The molecule has 0 amide bonds. The van der Waals surface area contributed by atoms with Crippen LogP contribution < -0.4 is 14.7 Å². The molecule has 1 radical (unpaired) electrons. The van der Waals surface area contributed by atoms with Crippen LogP contribution in [-0.4, -0.2) is 43.2 Å². The molecule has 0 fully saturated rings. The van der Waals surface area contributed by atoms with Gasteiger partial charge in [0.2, 0.25) is 0 Å². The van der Waals surface area contributed by atoms with E-state index in [1.54, 1.807) is 0 Å². The Bertz CT molecular complexity index is 58.6. The van der Waals surface area contributed by atoms with Gasteiger partial charge in [-0.3, -0.25) is 0 Å². The minimum absolute atomic E-state index is 0. The quantitative estimate of drug-likeness (QED) is 0.303. The first-order chi connectivity index (χ1) is 2.00. The molecule has 0 aromatic carbocycles. The largest absolute Gasteiger partial charge is 2.00 e. The molecule has 1 N–H and O–H groups in total. The number of rotatable bonds is 0. The number of phosphoric acid groups is 1. The summed E-state index contributed by atoms with van der Waals surface area (Å²) in [7, 11) is -5.39. The molecule has 0 unspecified atom stereocenters. The van der Waals surface area contributed by atoms with Crippen LogP contribution in [0, 0.1) is 0 Å². The van der Waals surface area contributed by atoms with E-state index >= 15 is 0 Å². The normalized spacial score (nSPS) is 7.38. The van der Waals surface area contributed by atoms with Crippen LogP contribution in [0.25, 0.3) is 0 Å². The van der Waals surface area contributed by atoms with Gasteiger partial charge in [0.15, 0.2) is 0 Å². The molecule has 0 aromatic heterocycles. The summed E-state index contributed by atoms with van der Waals surface area (Å²) in [5, 5.41) is 0. The Morgan fingerprint density at radius 1 is 1.12 bits per heavy atom. The summed E-state index contributed by atoms with van der Waals surface area (Å²) in [5.41, 5.74) is 0. The topological polar surface area (TPSA) is 116 Å². The second-order valence-electron chi connectivity index (χ2n) is 0.447. The number of hydrogen-bond donors (Lipinski definition) is 0. The molecule has 8 heavy (non-hydrogen) atoms. The Labute approximate surface area is 86.5 Å². The third-order valence-electron chi connectivity index (χ3n) is 0. The fourth-order valence-electron chi connectivity index (χ4n) is 0. The Hall–Kier alpha value is 1.85. The smallest absolute Gasteiger partial charge is 0.870 e. The van der Waals surface area contributed by atoms with Crippen molar-refractivity contribution < 1.29 is 41.8 Å². The van der Waals surface area contributed by atoms with Crippen molar-refractivity contribution in [3.05, 3.63) is 0 Å². The third kappa shape index (κ3) is 108. The summed E-state index contributed by atoms with van der Waals surface area (Å²) in [4.78, 5) is 25.6. The molecular weight excluding hydrogens is 206 g/mol. The maximum atomic E-state index is 8.55. The zero-order chi connectivity index (χ0) is 4.50. The fourth-order valence-corrected chi connectivity index (χ4v) is 0. The summed E-state index contributed by atoms with van der Waals surface area (Å²) in [5.74, 6) is 0. The molecule has 45 valence electrons. The van der Waals surface area contributed by atoms with E-state index in [9.17, 15) is 0 Å². The Kier molecular flexibility index (Phi) is 24.9. The van der Waals surface area contributed by atoms with E-state index in [0.29, 0.717) is 0 Å². The summed E-state index contributed by atoms with van der Waals surface area (Å²) in [6, 6.07) is 0. The first-order valence-corrected chi connectivity index (χ1v) is 2.19. The molecule has 0 aliphatic heterocycles. The van der Waals surface area contributed by atoms with Crippen LogP contribution in [0.3, 0.4) is 0 Å². The van der Waals surface area contributed by atoms with Crippen LogP contribution >= 0.6 is 7.82 Å². The third-order valence-corrected chi connectivity index (χ3v) is 0. The number of hydrogen-bond acceptors (Lipinski definition) is 5. The van der Waals surface area contributed by atoms with E-state index in [2.05, 4.69) is 0 Å². The Morgan fingerprint density at radius 3 is 1.12 bits per heavy atom. The predicted octanol–water partition coefficient (Wildman–Crippen LogP) is -3.38. The SMILES string of the molecule is O=P([O-])([O-])[O-].[Ca+2].[Mn+2].[OH-]. The molecule has 0 spiro atoms. The zero-order valence-electron chi connectivity index (χ0n) is 3.61. The fraction of sp³-hybridized carbons (Fsp3) is 0. The van der Waals surface area contributed by atoms with Gasteiger partial charge >= 0.3 is 54.8 Å². The molecule has 0 saturated carbocycles. The van der Waals surface area contributed by atoms with Crippen LogP contribution in [0.5, 0.6) is 0 Å². The zero-order valence-corrected chi connectivity index (χ0v) is 7.90.